The van der Waals surface area contributed by atoms with Crippen LogP contribution in [0.2, 0.25) is 0 Å². The summed E-state index contributed by atoms with van der Waals surface area (Å²) in [6, 6.07) is 0. The van der Waals surface area contributed by atoms with Crippen molar-refractivity contribution in [2.75, 3.05) is 14.1 Å². The van der Waals surface area contributed by atoms with Gasteiger partial charge in [0, 0.05) is 6.92 Å². The Morgan fingerprint density at radius 2 is 1.12 bits per heavy atom. The molecule has 0 unspecified atom stereocenters. The summed E-state index contributed by atoms with van der Waals surface area (Å²) in [5.74, 6) is -2.50. The third-order valence-electron chi connectivity index (χ3n) is 0. The summed E-state index contributed by atoms with van der Waals surface area (Å²) in [4.78, 5) is 0. The van der Waals surface area contributed by atoms with Gasteiger partial charge in [-0.1, -0.05) is 0 Å². The molecule has 4 heteroatoms. The molecule has 0 saturated carbocycles. The molecule has 4 nitrogen and oxygen atoms in total. The first-order chi connectivity index (χ1) is 3.41. The molecule has 0 atom stereocenters. The lowest BCUT2D eigenvalue weighted by Crippen LogP contribution is -2.20. The highest BCUT2D eigenvalue weighted by molar-refractivity contribution is 4.21. The van der Waals surface area contributed by atoms with Crippen LogP contribution in [0.5, 0.6) is 0 Å². The molecule has 0 heterocycles. The molecule has 0 aliphatic rings. The lowest BCUT2D eigenvalue weighted by atomic mass is 10.7. The zero-order chi connectivity index (χ0) is 7.21. The fraction of sp³-hybridized carbons (Fsp3) is 1.00. The van der Waals surface area contributed by atoms with Crippen molar-refractivity contribution < 1.29 is 15.3 Å². The Balaban J connectivity index is 0. The quantitative estimate of drug-likeness (QED) is 0.295. The van der Waals surface area contributed by atoms with Crippen LogP contribution < -0.4 is 5.32 Å². The Morgan fingerprint density at radius 3 is 1.12 bits per heavy atom. The molecule has 0 bridgehead atoms. The van der Waals surface area contributed by atoms with Crippen molar-refractivity contribution in [1.29, 1.82) is 0 Å². The van der Waals surface area contributed by atoms with Crippen LogP contribution in [0.25, 0.3) is 0 Å². The SMILES string of the molecule is CC(O)(O)O.CNC. The average Bonchev–Trinajstić information content (AvgIpc) is 1.27. The van der Waals surface area contributed by atoms with Gasteiger partial charge in [-0.15, -0.1) is 0 Å². The first-order valence-corrected chi connectivity index (χ1v) is 2.17. The molecular weight excluding hydrogens is 110 g/mol. The second-order valence-electron chi connectivity index (χ2n) is 1.47. The van der Waals surface area contributed by atoms with Crippen LogP contribution >= 0.6 is 0 Å². The summed E-state index contributed by atoms with van der Waals surface area (Å²) in [6.07, 6.45) is 0. The summed E-state index contributed by atoms with van der Waals surface area (Å²) in [6.45, 7) is 0.854. The smallest absolute Gasteiger partial charge is 0.272 e. The molecule has 0 aromatic carbocycles. The third kappa shape index (κ3) is 5340. The maximum absolute atomic E-state index is 7.63. The normalized spacial score (nSPS) is 9.75. The van der Waals surface area contributed by atoms with Gasteiger partial charge in [0.2, 0.25) is 0 Å². The fourth-order valence-electron chi connectivity index (χ4n) is 0. The summed E-state index contributed by atoms with van der Waals surface area (Å²) >= 11 is 0. The van der Waals surface area contributed by atoms with Crippen molar-refractivity contribution >= 4 is 0 Å². The van der Waals surface area contributed by atoms with Crippen molar-refractivity contribution in [3.63, 3.8) is 0 Å². The van der Waals surface area contributed by atoms with Gasteiger partial charge in [0.15, 0.2) is 0 Å². The number of nitrogens with one attached hydrogen (secondary N) is 1. The van der Waals surface area contributed by atoms with E-state index in [1.807, 2.05) is 14.1 Å². The van der Waals surface area contributed by atoms with Crippen molar-refractivity contribution in [2.24, 2.45) is 0 Å². The van der Waals surface area contributed by atoms with E-state index in [0.717, 1.165) is 6.92 Å². The largest absolute Gasteiger partial charge is 0.344 e. The molecule has 0 spiro atoms. The molecule has 0 aromatic rings. The van der Waals surface area contributed by atoms with Crippen molar-refractivity contribution in [1.82, 2.24) is 5.32 Å². The summed E-state index contributed by atoms with van der Waals surface area (Å²) in [7, 11) is 3.75. The van der Waals surface area contributed by atoms with Crippen LogP contribution in [-0.4, -0.2) is 35.4 Å². The maximum Gasteiger partial charge on any atom is 0.272 e. The molecule has 0 radical (unpaired) electrons. The lowest BCUT2D eigenvalue weighted by molar-refractivity contribution is -0.297. The van der Waals surface area contributed by atoms with E-state index in [0.29, 0.717) is 0 Å². The van der Waals surface area contributed by atoms with Gasteiger partial charge in [-0.25, -0.2) is 0 Å². The lowest BCUT2D eigenvalue weighted by Gasteiger charge is -2.01. The molecule has 0 aliphatic carbocycles. The Hall–Kier alpha value is -0.160. The van der Waals surface area contributed by atoms with Crippen LogP contribution in [0.4, 0.5) is 0 Å². The molecule has 0 saturated heterocycles. The predicted molar refractivity (Wildman–Crippen MR) is 30.0 cm³/mol. The van der Waals surface area contributed by atoms with Gasteiger partial charge in [-0.3, -0.25) is 0 Å². The molecule has 8 heavy (non-hydrogen) atoms. The summed E-state index contributed by atoms with van der Waals surface area (Å²) < 4.78 is 0. The van der Waals surface area contributed by atoms with Gasteiger partial charge in [0.05, 0.1) is 0 Å². The molecule has 0 fully saturated rings. The van der Waals surface area contributed by atoms with E-state index in [1.165, 1.54) is 0 Å². The predicted octanol–water partition coefficient (Wildman–Crippen LogP) is -1.53. The second-order valence-corrected chi connectivity index (χ2v) is 1.47. The molecule has 0 aromatic heterocycles. The van der Waals surface area contributed by atoms with Gasteiger partial charge >= 0.3 is 0 Å². The van der Waals surface area contributed by atoms with E-state index < -0.39 is 5.97 Å². The monoisotopic (exact) mass is 123 g/mol. The topological polar surface area (TPSA) is 72.7 Å². The summed E-state index contributed by atoms with van der Waals surface area (Å²) in [5, 5.41) is 25.6. The van der Waals surface area contributed by atoms with Crippen molar-refractivity contribution in [3.8, 4) is 0 Å². The second kappa shape index (κ2) is 4.99. The first-order valence-electron chi connectivity index (χ1n) is 2.17. The number of rotatable bonds is 0. The van der Waals surface area contributed by atoms with Gasteiger partial charge in [-0.2, -0.15) is 0 Å². The van der Waals surface area contributed by atoms with E-state index in [2.05, 4.69) is 5.32 Å². The molecule has 0 amide bonds. The first kappa shape index (κ1) is 10.8. The highest BCUT2D eigenvalue weighted by atomic mass is 16.7. The van der Waals surface area contributed by atoms with Crippen LogP contribution in [0, 0.1) is 0 Å². The highest BCUT2D eigenvalue weighted by Crippen LogP contribution is 1.82. The third-order valence-corrected chi connectivity index (χ3v) is 0. The number of aliphatic hydroxyl groups is 3. The average molecular weight is 123 g/mol. The number of hydrogen-bond acceptors (Lipinski definition) is 4. The van der Waals surface area contributed by atoms with Crippen LogP contribution in [0.1, 0.15) is 6.92 Å². The minimum atomic E-state index is -2.50. The molecule has 0 aliphatic heterocycles. The Kier molecular flexibility index (Phi) is 6.70. The van der Waals surface area contributed by atoms with Gasteiger partial charge in [0.1, 0.15) is 0 Å². The Labute approximate surface area is 48.8 Å². The minimum absolute atomic E-state index is 0.854. The van der Waals surface area contributed by atoms with Crippen molar-refractivity contribution in [3.05, 3.63) is 0 Å². The Morgan fingerprint density at radius 1 is 1.12 bits per heavy atom. The zero-order valence-corrected chi connectivity index (χ0v) is 5.34. The van der Waals surface area contributed by atoms with Crippen LogP contribution in [0.3, 0.4) is 0 Å². The van der Waals surface area contributed by atoms with Gasteiger partial charge in [0.25, 0.3) is 5.97 Å². The number of hydrogen-bond donors (Lipinski definition) is 4. The van der Waals surface area contributed by atoms with Crippen LogP contribution in [0.15, 0.2) is 0 Å². The van der Waals surface area contributed by atoms with E-state index in [9.17, 15) is 0 Å². The molecule has 4 N–H and O–H groups in total. The van der Waals surface area contributed by atoms with E-state index in [4.69, 9.17) is 15.3 Å². The van der Waals surface area contributed by atoms with E-state index in [1.54, 1.807) is 0 Å². The molecule has 52 valence electrons. The molecular formula is C4H13NO3. The summed E-state index contributed by atoms with van der Waals surface area (Å²) in [5.41, 5.74) is 0. The minimum Gasteiger partial charge on any atom is -0.344 e. The van der Waals surface area contributed by atoms with Gasteiger partial charge < -0.3 is 20.6 Å². The standard InChI is InChI=1S/C2H7N.C2H6O3/c1-3-2;1-2(3,4)5/h3H,1-2H3;3-5H,1H3. The van der Waals surface area contributed by atoms with E-state index >= 15 is 0 Å². The van der Waals surface area contributed by atoms with Crippen LogP contribution in [-0.2, 0) is 0 Å². The van der Waals surface area contributed by atoms with Gasteiger partial charge in [-0.05, 0) is 14.1 Å². The maximum atomic E-state index is 7.63. The fourth-order valence-corrected chi connectivity index (χ4v) is 0. The van der Waals surface area contributed by atoms with E-state index in [-0.39, 0.29) is 0 Å². The van der Waals surface area contributed by atoms with Crippen molar-refractivity contribution in [2.45, 2.75) is 12.9 Å². The highest BCUT2D eigenvalue weighted by Gasteiger charge is 2.03. The zero-order valence-electron chi connectivity index (χ0n) is 5.34. The molecule has 0 rings (SSSR count). The Bertz CT molecular complexity index is 35.0.